The van der Waals surface area contributed by atoms with Crippen LogP contribution in [0.2, 0.25) is 0 Å². The van der Waals surface area contributed by atoms with E-state index < -0.39 is 11.9 Å². The number of benzene rings is 1. The lowest BCUT2D eigenvalue weighted by atomic mass is 10.0. The monoisotopic (exact) mass is 315 g/mol. The van der Waals surface area contributed by atoms with Gasteiger partial charge in [-0.1, -0.05) is 50.6 Å². The molecule has 0 radical (unpaired) electrons. The second-order valence-electron chi connectivity index (χ2n) is 5.33. The summed E-state index contributed by atoms with van der Waals surface area (Å²) in [6.45, 7) is 3.84. The van der Waals surface area contributed by atoms with E-state index in [2.05, 4.69) is 5.32 Å². The van der Waals surface area contributed by atoms with Gasteiger partial charge in [-0.15, -0.1) is 0 Å². The molecule has 5 nitrogen and oxygen atoms in total. The summed E-state index contributed by atoms with van der Waals surface area (Å²) in [5.74, 6) is -1.13. The predicted molar refractivity (Wildman–Crippen MR) is 86.6 cm³/mol. The van der Waals surface area contributed by atoms with Crippen molar-refractivity contribution in [3.8, 4) is 0 Å². The highest BCUT2D eigenvalue weighted by Gasteiger charge is 2.22. The average Bonchev–Trinajstić information content (AvgIpc) is 3.00. The Morgan fingerprint density at radius 2 is 1.91 bits per heavy atom. The molecular formula is C18H21NO4. The Bertz CT molecular complexity index is 676. The predicted octanol–water partition coefficient (Wildman–Crippen LogP) is 3.81. The van der Waals surface area contributed by atoms with Crippen molar-refractivity contribution in [2.24, 2.45) is 0 Å². The number of carboxylic acid groups (broad SMARTS) is 1. The summed E-state index contributed by atoms with van der Waals surface area (Å²) in [4.78, 5) is 23.6. The first-order chi connectivity index (χ1) is 11.1. The molecule has 2 aromatic rings. The van der Waals surface area contributed by atoms with Crippen molar-refractivity contribution in [3.63, 3.8) is 0 Å². The van der Waals surface area contributed by atoms with Crippen molar-refractivity contribution >= 4 is 11.9 Å². The van der Waals surface area contributed by atoms with Crippen LogP contribution in [0.4, 0.5) is 0 Å². The molecule has 23 heavy (non-hydrogen) atoms. The van der Waals surface area contributed by atoms with Crippen LogP contribution in [0.5, 0.6) is 0 Å². The SMILES string of the molecule is CCCC(NC(=O)c1cc(C(=O)O)c(CC)o1)c1ccccc1. The molecule has 0 aliphatic rings. The van der Waals surface area contributed by atoms with Gasteiger partial charge >= 0.3 is 5.97 Å². The molecule has 1 aromatic heterocycles. The van der Waals surface area contributed by atoms with Crippen molar-refractivity contribution in [2.45, 2.75) is 39.2 Å². The first-order valence-corrected chi connectivity index (χ1v) is 7.78. The molecule has 0 saturated carbocycles. The molecule has 1 amide bonds. The van der Waals surface area contributed by atoms with E-state index in [9.17, 15) is 9.59 Å². The van der Waals surface area contributed by atoms with Crippen LogP contribution in [0.1, 0.15) is 65.0 Å². The molecule has 122 valence electrons. The maximum Gasteiger partial charge on any atom is 0.339 e. The highest BCUT2D eigenvalue weighted by molar-refractivity contribution is 5.96. The summed E-state index contributed by atoms with van der Waals surface area (Å²) in [6.07, 6.45) is 2.13. The van der Waals surface area contributed by atoms with E-state index in [0.717, 1.165) is 18.4 Å². The minimum absolute atomic E-state index is 0.0382. The number of furan rings is 1. The Morgan fingerprint density at radius 1 is 1.22 bits per heavy atom. The standard InChI is InChI=1S/C18H21NO4/c1-3-8-14(12-9-6-5-7-10-12)19-17(20)16-11-13(18(21)22)15(4-2)23-16/h5-7,9-11,14H,3-4,8H2,1-2H3,(H,19,20)(H,21,22). The average molecular weight is 315 g/mol. The fraction of sp³-hybridized carbons (Fsp3) is 0.333. The maximum absolute atomic E-state index is 12.4. The van der Waals surface area contributed by atoms with Crippen LogP contribution in [-0.4, -0.2) is 17.0 Å². The largest absolute Gasteiger partial charge is 0.478 e. The summed E-state index contributed by atoms with van der Waals surface area (Å²) in [7, 11) is 0. The van der Waals surface area contributed by atoms with E-state index in [0.29, 0.717) is 12.2 Å². The lowest BCUT2D eigenvalue weighted by molar-refractivity contribution is 0.0694. The van der Waals surface area contributed by atoms with Crippen LogP contribution in [-0.2, 0) is 6.42 Å². The zero-order chi connectivity index (χ0) is 16.8. The van der Waals surface area contributed by atoms with Crippen molar-refractivity contribution in [3.05, 3.63) is 59.0 Å². The van der Waals surface area contributed by atoms with Gasteiger partial charge in [-0.25, -0.2) is 4.79 Å². The number of rotatable bonds is 7. The number of carbonyl (C=O) groups is 2. The molecule has 0 bridgehead atoms. The maximum atomic E-state index is 12.4. The topological polar surface area (TPSA) is 79.5 Å². The third-order valence-electron chi connectivity index (χ3n) is 3.67. The van der Waals surface area contributed by atoms with Crippen LogP contribution in [0.25, 0.3) is 0 Å². The van der Waals surface area contributed by atoms with Crippen LogP contribution in [0.3, 0.4) is 0 Å². The summed E-state index contributed by atoms with van der Waals surface area (Å²) in [6, 6.07) is 10.9. The fourth-order valence-electron chi connectivity index (χ4n) is 2.51. The molecule has 1 unspecified atom stereocenters. The van der Waals surface area contributed by atoms with Gasteiger partial charge in [0.2, 0.25) is 0 Å². The number of hydrogen-bond acceptors (Lipinski definition) is 3. The van der Waals surface area contributed by atoms with Crippen molar-refractivity contribution in [2.75, 3.05) is 0 Å². The second kappa shape index (κ2) is 7.63. The summed E-state index contributed by atoms with van der Waals surface area (Å²) >= 11 is 0. The molecule has 0 aliphatic heterocycles. The smallest absolute Gasteiger partial charge is 0.339 e. The van der Waals surface area contributed by atoms with Gasteiger partial charge in [-0.3, -0.25) is 4.79 Å². The van der Waals surface area contributed by atoms with Gasteiger partial charge in [0.05, 0.1) is 6.04 Å². The molecule has 0 spiro atoms. The van der Waals surface area contributed by atoms with E-state index in [1.807, 2.05) is 37.3 Å². The van der Waals surface area contributed by atoms with Crippen LogP contribution < -0.4 is 5.32 Å². The van der Waals surface area contributed by atoms with Crippen LogP contribution in [0, 0.1) is 0 Å². The molecular weight excluding hydrogens is 294 g/mol. The van der Waals surface area contributed by atoms with Gasteiger partial charge in [0.25, 0.3) is 5.91 Å². The minimum Gasteiger partial charge on any atom is -0.478 e. The molecule has 0 fully saturated rings. The number of hydrogen-bond donors (Lipinski definition) is 2. The Morgan fingerprint density at radius 3 is 2.43 bits per heavy atom. The number of carboxylic acids is 1. The van der Waals surface area contributed by atoms with Gasteiger partial charge in [0, 0.05) is 12.5 Å². The normalized spacial score (nSPS) is 11.9. The third kappa shape index (κ3) is 4.00. The Kier molecular flexibility index (Phi) is 5.57. The van der Waals surface area contributed by atoms with Crippen LogP contribution in [0.15, 0.2) is 40.8 Å². The highest BCUT2D eigenvalue weighted by atomic mass is 16.4. The highest BCUT2D eigenvalue weighted by Crippen LogP contribution is 2.21. The molecule has 1 heterocycles. The van der Waals surface area contributed by atoms with Gasteiger partial charge in [0.15, 0.2) is 5.76 Å². The van der Waals surface area contributed by atoms with Crippen molar-refractivity contribution < 1.29 is 19.1 Å². The van der Waals surface area contributed by atoms with E-state index in [1.54, 1.807) is 6.92 Å². The van der Waals surface area contributed by atoms with Crippen molar-refractivity contribution in [1.29, 1.82) is 0 Å². The van der Waals surface area contributed by atoms with Gasteiger partial charge in [-0.2, -0.15) is 0 Å². The third-order valence-corrected chi connectivity index (χ3v) is 3.67. The zero-order valence-corrected chi connectivity index (χ0v) is 13.3. The first-order valence-electron chi connectivity index (χ1n) is 7.78. The number of aromatic carboxylic acids is 1. The van der Waals surface area contributed by atoms with Gasteiger partial charge in [-0.05, 0) is 12.0 Å². The van der Waals surface area contributed by atoms with E-state index >= 15 is 0 Å². The zero-order valence-electron chi connectivity index (χ0n) is 13.3. The number of nitrogens with one attached hydrogen (secondary N) is 1. The molecule has 0 aliphatic carbocycles. The molecule has 5 heteroatoms. The van der Waals surface area contributed by atoms with Gasteiger partial charge < -0.3 is 14.8 Å². The van der Waals surface area contributed by atoms with E-state index in [-0.39, 0.29) is 17.4 Å². The molecule has 1 aromatic carbocycles. The fourth-order valence-corrected chi connectivity index (χ4v) is 2.51. The van der Waals surface area contributed by atoms with Crippen molar-refractivity contribution in [1.82, 2.24) is 5.32 Å². The minimum atomic E-state index is -1.09. The first kappa shape index (κ1) is 16.8. The Hall–Kier alpha value is -2.56. The Balaban J connectivity index is 2.20. The van der Waals surface area contributed by atoms with E-state index in [1.165, 1.54) is 6.07 Å². The number of aryl methyl sites for hydroxylation is 1. The molecule has 2 rings (SSSR count). The van der Waals surface area contributed by atoms with E-state index in [4.69, 9.17) is 9.52 Å². The molecule has 1 atom stereocenters. The lowest BCUT2D eigenvalue weighted by Crippen LogP contribution is -2.28. The lowest BCUT2D eigenvalue weighted by Gasteiger charge is -2.17. The Labute approximate surface area is 135 Å². The van der Waals surface area contributed by atoms with Crippen LogP contribution >= 0.6 is 0 Å². The number of carbonyl (C=O) groups excluding carboxylic acids is 1. The quantitative estimate of drug-likeness (QED) is 0.814. The second-order valence-corrected chi connectivity index (χ2v) is 5.33. The van der Waals surface area contributed by atoms with Gasteiger partial charge in [0.1, 0.15) is 11.3 Å². The number of amides is 1. The molecule has 2 N–H and O–H groups in total. The summed E-state index contributed by atoms with van der Waals surface area (Å²) in [5, 5.41) is 12.1. The molecule has 0 saturated heterocycles. The summed E-state index contributed by atoms with van der Waals surface area (Å²) < 4.78 is 5.41. The summed E-state index contributed by atoms with van der Waals surface area (Å²) in [5.41, 5.74) is 1.06.